The third-order valence-corrected chi connectivity index (χ3v) is 3.24. The number of ether oxygens (including phenoxy) is 1. The fourth-order valence-electron chi connectivity index (χ4n) is 1.65. The number of esters is 1. The molecule has 2 heterocycles. The van der Waals surface area contributed by atoms with Gasteiger partial charge in [0.2, 0.25) is 0 Å². The van der Waals surface area contributed by atoms with Gasteiger partial charge in [-0.2, -0.15) is 0 Å². The van der Waals surface area contributed by atoms with E-state index >= 15 is 0 Å². The van der Waals surface area contributed by atoms with E-state index in [1.165, 1.54) is 6.92 Å². The first kappa shape index (κ1) is 14.4. The second-order valence-electron chi connectivity index (χ2n) is 3.94. The largest absolute Gasteiger partial charge is 0.466 e. The Morgan fingerprint density at radius 3 is 3.00 bits per heavy atom. The molecule has 0 bridgehead atoms. The number of hydrogen-bond acceptors (Lipinski definition) is 5. The summed E-state index contributed by atoms with van der Waals surface area (Å²) in [5.41, 5.74) is 1.35. The molecule has 0 aliphatic rings. The van der Waals surface area contributed by atoms with Gasteiger partial charge in [-0.15, -0.1) is 0 Å². The van der Waals surface area contributed by atoms with Crippen LogP contribution in [0.25, 0.3) is 11.2 Å². The Labute approximate surface area is 128 Å². The number of nitrogens with zero attached hydrogens (tertiary/aromatic N) is 4. The van der Waals surface area contributed by atoms with Gasteiger partial charge in [0.05, 0.1) is 12.9 Å². The quantitative estimate of drug-likeness (QED) is 0.256. The molecule has 2 aromatic rings. The number of hydrogen-bond donors (Lipinski definition) is 0. The van der Waals surface area contributed by atoms with E-state index in [9.17, 15) is 4.79 Å². The molecule has 102 valence electrons. The summed E-state index contributed by atoms with van der Waals surface area (Å²) in [4.78, 5) is 23.2. The second-order valence-corrected chi connectivity index (χ2v) is 5.26. The van der Waals surface area contributed by atoms with E-state index in [-0.39, 0.29) is 5.97 Å². The fourth-order valence-corrected chi connectivity index (χ4v) is 2.47. The summed E-state index contributed by atoms with van der Waals surface area (Å²) in [6.45, 7) is 2.60. The molecule has 6 nitrogen and oxygen atoms in total. The minimum absolute atomic E-state index is 0.248. The smallest absolute Gasteiger partial charge is 0.302 e. The summed E-state index contributed by atoms with van der Waals surface area (Å²) in [5.74, 6) is -0.248. The Kier molecular flexibility index (Phi) is 4.92. The first-order valence-corrected chi connectivity index (χ1v) is 7.21. The van der Waals surface area contributed by atoms with Crippen LogP contribution in [0.4, 0.5) is 0 Å². The Morgan fingerprint density at radius 1 is 1.47 bits per heavy atom. The van der Waals surface area contributed by atoms with E-state index < -0.39 is 0 Å². The molecule has 0 saturated heterocycles. The molecule has 0 aliphatic carbocycles. The van der Waals surface area contributed by atoms with Crippen LogP contribution >= 0.6 is 34.2 Å². The van der Waals surface area contributed by atoms with Gasteiger partial charge < -0.3 is 9.30 Å². The van der Waals surface area contributed by atoms with Gasteiger partial charge in [-0.05, 0) is 12.8 Å². The van der Waals surface area contributed by atoms with Crippen LogP contribution in [0.1, 0.15) is 19.8 Å². The average Bonchev–Trinajstić information content (AvgIpc) is 2.72. The van der Waals surface area contributed by atoms with Crippen LogP contribution < -0.4 is 0 Å². The van der Waals surface area contributed by atoms with Gasteiger partial charge in [0.25, 0.3) is 0 Å². The van der Waals surface area contributed by atoms with Gasteiger partial charge in [0.15, 0.2) is 14.6 Å². The number of carbonyl (C=O) groups excluding carboxylic acids is 1. The second kappa shape index (κ2) is 6.47. The third kappa shape index (κ3) is 3.75. The summed E-state index contributed by atoms with van der Waals surface area (Å²) >= 11 is 8.03. The Balaban J connectivity index is 1.99. The van der Waals surface area contributed by atoms with Crippen molar-refractivity contribution < 1.29 is 9.53 Å². The highest BCUT2D eigenvalue weighted by atomic mass is 127. The molecule has 0 fully saturated rings. The zero-order valence-electron chi connectivity index (χ0n) is 10.3. The van der Waals surface area contributed by atoms with E-state index in [1.54, 1.807) is 6.33 Å². The minimum Gasteiger partial charge on any atom is -0.466 e. The van der Waals surface area contributed by atoms with Crippen molar-refractivity contribution in [3.05, 3.63) is 15.3 Å². The van der Waals surface area contributed by atoms with Crippen molar-refractivity contribution in [2.75, 3.05) is 6.61 Å². The predicted octanol–water partition coefficient (Wildman–Crippen LogP) is 2.43. The maximum atomic E-state index is 10.6. The molecule has 0 atom stereocenters. The van der Waals surface area contributed by atoms with Gasteiger partial charge in [-0.3, -0.25) is 4.79 Å². The Hall–Kier alpha value is -0.960. The number of unbranched alkanes of at least 4 members (excludes halogenated alkanes) is 1. The summed E-state index contributed by atoms with van der Waals surface area (Å²) in [7, 11) is 0. The van der Waals surface area contributed by atoms with Crippen LogP contribution in [0, 0.1) is 3.83 Å². The van der Waals surface area contributed by atoms with E-state index in [1.807, 2.05) is 27.2 Å². The highest BCUT2D eigenvalue weighted by molar-refractivity contribution is 14.1. The van der Waals surface area contributed by atoms with Gasteiger partial charge in [0, 0.05) is 36.1 Å². The lowest BCUT2D eigenvalue weighted by Crippen LogP contribution is -2.03. The van der Waals surface area contributed by atoms with E-state index in [0.717, 1.165) is 25.0 Å². The molecule has 0 aromatic carbocycles. The average molecular weight is 395 g/mol. The monoisotopic (exact) mass is 394 g/mol. The van der Waals surface area contributed by atoms with Crippen LogP contribution in [0.2, 0.25) is 5.15 Å². The first-order valence-electron chi connectivity index (χ1n) is 5.75. The number of carbonyl (C=O) groups is 1. The molecule has 0 N–H and O–H groups in total. The van der Waals surface area contributed by atoms with Crippen molar-refractivity contribution in [2.24, 2.45) is 0 Å². The zero-order chi connectivity index (χ0) is 13.8. The molecule has 2 rings (SSSR count). The maximum Gasteiger partial charge on any atom is 0.302 e. The van der Waals surface area contributed by atoms with Crippen molar-refractivity contribution in [2.45, 2.75) is 26.3 Å². The van der Waals surface area contributed by atoms with Crippen LogP contribution in [0.3, 0.4) is 0 Å². The molecule has 19 heavy (non-hydrogen) atoms. The van der Waals surface area contributed by atoms with Gasteiger partial charge in [0.1, 0.15) is 5.52 Å². The highest BCUT2D eigenvalue weighted by Crippen LogP contribution is 2.19. The topological polar surface area (TPSA) is 69.9 Å². The molecule has 0 unspecified atom stereocenters. The third-order valence-electron chi connectivity index (χ3n) is 2.49. The lowest BCUT2D eigenvalue weighted by molar-refractivity contribution is -0.141. The molecule has 8 heteroatoms. The summed E-state index contributed by atoms with van der Waals surface area (Å²) in [6.07, 6.45) is 3.37. The Morgan fingerprint density at radius 2 is 2.26 bits per heavy atom. The lowest BCUT2D eigenvalue weighted by Gasteiger charge is -2.04. The van der Waals surface area contributed by atoms with Crippen molar-refractivity contribution in [1.29, 1.82) is 0 Å². The number of halogens is 2. The molecule has 0 amide bonds. The number of imidazole rings is 1. The molecule has 2 aromatic heterocycles. The maximum absolute atomic E-state index is 10.6. The molecule has 0 spiro atoms. The van der Waals surface area contributed by atoms with Crippen molar-refractivity contribution >= 4 is 51.3 Å². The van der Waals surface area contributed by atoms with Gasteiger partial charge in [-0.25, -0.2) is 15.0 Å². The molecule has 0 aliphatic heterocycles. The van der Waals surface area contributed by atoms with E-state index in [0.29, 0.717) is 21.1 Å². The number of aryl methyl sites for hydroxylation is 1. The minimum atomic E-state index is -0.248. The fraction of sp³-hybridized carbons (Fsp3) is 0.455. The number of aromatic nitrogens is 4. The number of fused-ring (bicyclic) bond motifs is 1. The summed E-state index contributed by atoms with van der Waals surface area (Å²) < 4.78 is 7.40. The van der Waals surface area contributed by atoms with Crippen LogP contribution in [0.15, 0.2) is 6.33 Å². The van der Waals surface area contributed by atoms with Crippen molar-refractivity contribution in [3.8, 4) is 0 Å². The van der Waals surface area contributed by atoms with Crippen molar-refractivity contribution in [1.82, 2.24) is 19.5 Å². The lowest BCUT2D eigenvalue weighted by atomic mass is 10.3. The summed E-state index contributed by atoms with van der Waals surface area (Å²) in [5, 5.41) is 0.369. The molecular weight excluding hydrogens is 383 g/mol. The van der Waals surface area contributed by atoms with E-state index in [4.69, 9.17) is 16.3 Å². The van der Waals surface area contributed by atoms with Crippen LogP contribution in [0.5, 0.6) is 0 Å². The zero-order valence-corrected chi connectivity index (χ0v) is 13.2. The molecule has 0 radical (unpaired) electrons. The van der Waals surface area contributed by atoms with Gasteiger partial charge in [-0.1, -0.05) is 11.6 Å². The Bertz CT molecular complexity index is 602. The van der Waals surface area contributed by atoms with E-state index in [2.05, 4.69) is 15.0 Å². The first-order chi connectivity index (χ1) is 9.08. The van der Waals surface area contributed by atoms with Crippen molar-refractivity contribution in [3.63, 3.8) is 0 Å². The summed E-state index contributed by atoms with van der Waals surface area (Å²) in [6, 6.07) is 0. The van der Waals surface area contributed by atoms with Crippen LogP contribution in [-0.4, -0.2) is 32.1 Å². The predicted molar refractivity (Wildman–Crippen MR) is 78.9 cm³/mol. The highest BCUT2D eigenvalue weighted by Gasteiger charge is 2.10. The normalized spacial score (nSPS) is 10.9. The molecule has 0 saturated carbocycles. The SMILES string of the molecule is CC(=O)OCCCCn1cnc2c(Cl)nc(I)nc21. The van der Waals surface area contributed by atoms with Crippen LogP contribution in [-0.2, 0) is 16.1 Å². The van der Waals surface area contributed by atoms with Gasteiger partial charge >= 0.3 is 5.97 Å². The molecular formula is C11H12ClIN4O2. The standard InChI is InChI=1S/C11H12ClIN4O2/c1-7(18)19-5-3-2-4-17-6-14-8-9(12)15-11(13)16-10(8)17/h6H,2-5H2,1H3. The number of rotatable bonds is 5.